The van der Waals surface area contributed by atoms with Gasteiger partial charge in [-0.3, -0.25) is 9.36 Å². The van der Waals surface area contributed by atoms with E-state index in [0.717, 1.165) is 11.3 Å². The SMILES string of the molecule is CC(C)c1ccccc1-n1c(SCc2nc(N)nc(N(C)C)n2)nc2ccccc2c1=O. The van der Waals surface area contributed by atoms with E-state index in [1.807, 2.05) is 62.6 Å². The molecule has 2 N–H and O–H groups in total. The maximum Gasteiger partial charge on any atom is 0.266 e. The Hall–Kier alpha value is -3.46. The van der Waals surface area contributed by atoms with Crippen molar-refractivity contribution in [3.05, 3.63) is 70.3 Å². The number of nitrogens with two attached hydrogens (primary N) is 1. The summed E-state index contributed by atoms with van der Waals surface area (Å²) >= 11 is 1.40. The molecule has 0 saturated carbocycles. The van der Waals surface area contributed by atoms with Gasteiger partial charge in [-0.15, -0.1) is 0 Å². The summed E-state index contributed by atoms with van der Waals surface area (Å²) in [5.41, 5.74) is 8.33. The number of benzene rings is 2. The molecular weight excluding hydrogens is 422 g/mol. The fourth-order valence-corrected chi connectivity index (χ4v) is 4.28. The first-order valence-electron chi connectivity index (χ1n) is 10.3. The zero-order valence-electron chi connectivity index (χ0n) is 18.5. The van der Waals surface area contributed by atoms with Crippen molar-refractivity contribution >= 4 is 34.6 Å². The lowest BCUT2D eigenvalue weighted by Gasteiger charge is -2.18. The Labute approximate surface area is 190 Å². The van der Waals surface area contributed by atoms with Gasteiger partial charge in [0.15, 0.2) is 5.16 Å². The van der Waals surface area contributed by atoms with E-state index in [1.54, 1.807) is 9.47 Å². The summed E-state index contributed by atoms with van der Waals surface area (Å²) in [5, 5.41) is 1.15. The molecular formula is C23H25N7OS. The van der Waals surface area contributed by atoms with Crippen LogP contribution in [-0.4, -0.2) is 38.6 Å². The van der Waals surface area contributed by atoms with Crippen molar-refractivity contribution in [2.24, 2.45) is 0 Å². The molecule has 0 atom stereocenters. The number of nitrogen functional groups attached to an aromatic ring is 1. The summed E-state index contributed by atoms with van der Waals surface area (Å²) in [6.07, 6.45) is 0. The highest BCUT2D eigenvalue weighted by molar-refractivity contribution is 7.98. The van der Waals surface area contributed by atoms with Gasteiger partial charge in [0.2, 0.25) is 11.9 Å². The topological polar surface area (TPSA) is 103 Å². The van der Waals surface area contributed by atoms with Crippen LogP contribution in [-0.2, 0) is 5.75 Å². The molecule has 4 rings (SSSR count). The summed E-state index contributed by atoms with van der Waals surface area (Å²) in [6, 6.07) is 15.3. The first-order chi connectivity index (χ1) is 15.3. The molecule has 164 valence electrons. The van der Waals surface area contributed by atoms with E-state index < -0.39 is 0 Å². The normalized spacial score (nSPS) is 11.3. The van der Waals surface area contributed by atoms with E-state index >= 15 is 0 Å². The molecule has 9 heteroatoms. The van der Waals surface area contributed by atoms with Crippen molar-refractivity contribution in [2.45, 2.75) is 30.7 Å². The van der Waals surface area contributed by atoms with Crippen LogP contribution in [0.5, 0.6) is 0 Å². The van der Waals surface area contributed by atoms with Gasteiger partial charge in [0, 0.05) is 14.1 Å². The van der Waals surface area contributed by atoms with Gasteiger partial charge in [-0.1, -0.05) is 55.9 Å². The van der Waals surface area contributed by atoms with Gasteiger partial charge in [0.25, 0.3) is 5.56 Å². The van der Waals surface area contributed by atoms with Gasteiger partial charge in [-0.25, -0.2) is 4.98 Å². The lowest BCUT2D eigenvalue weighted by atomic mass is 10.0. The number of hydrogen-bond acceptors (Lipinski definition) is 8. The molecule has 32 heavy (non-hydrogen) atoms. The van der Waals surface area contributed by atoms with E-state index in [1.165, 1.54) is 11.8 Å². The van der Waals surface area contributed by atoms with Crippen molar-refractivity contribution in [3.63, 3.8) is 0 Å². The van der Waals surface area contributed by atoms with Crippen LogP contribution in [0.15, 0.2) is 58.5 Å². The van der Waals surface area contributed by atoms with Crippen molar-refractivity contribution in [2.75, 3.05) is 24.7 Å². The highest BCUT2D eigenvalue weighted by Crippen LogP contribution is 2.28. The second-order valence-corrected chi connectivity index (χ2v) is 8.80. The Bertz CT molecular complexity index is 1330. The lowest BCUT2D eigenvalue weighted by molar-refractivity contribution is 0.779. The molecule has 0 bridgehead atoms. The van der Waals surface area contributed by atoms with Crippen LogP contribution in [0.1, 0.15) is 31.2 Å². The number of aromatic nitrogens is 5. The quantitative estimate of drug-likeness (QED) is 0.353. The second kappa shape index (κ2) is 8.96. The minimum absolute atomic E-state index is 0.102. The number of para-hydroxylation sites is 2. The maximum atomic E-state index is 13.6. The fraction of sp³-hybridized carbons (Fsp3) is 0.261. The maximum absolute atomic E-state index is 13.6. The Kier molecular flexibility index (Phi) is 6.09. The van der Waals surface area contributed by atoms with Crippen molar-refractivity contribution in [1.82, 2.24) is 24.5 Å². The van der Waals surface area contributed by atoms with Crippen LogP contribution in [0.25, 0.3) is 16.6 Å². The number of fused-ring (bicyclic) bond motifs is 1. The number of anilines is 2. The minimum Gasteiger partial charge on any atom is -0.368 e. The van der Waals surface area contributed by atoms with E-state index in [4.69, 9.17) is 10.7 Å². The highest BCUT2D eigenvalue weighted by atomic mass is 32.2. The lowest BCUT2D eigenvalue weighted by Crippen LogP contribution is -2.23. The molecule has 2 heterocycles. The van der Waals surface area contributed by atoms with E-state index in [0.29, 0.717) is 33.6 Å². The summed E-state index contributed by atoms with van der Waals surface area (Å²) in [5.74, 6) is 1.81. The molecule has 0 aliphatic carbocycles. The molecule has 0 fully saturated rings. The average molecular weight is 448 g/mol. The standard InChI is InChI=1S/C23H25N7OS/c1-14(2)15-9-6-8-12-18(15)30-20(31)16-10-5-7-11-17(16)25-23(30)32-13-19-26-21(24)28-22(27-19)29(3)4/h5-12,14H,13H2,1-4H3,(H2,24,26,27,28). The third-order valence-corrected chi connectivity index (χ3v) is 5.90. The van der Waals surface area contributed by atoms with Gasteiger partial charge >= 0.3 is 0 Å². The summed E-state index contributed by atoms with van der Waals surface area (Å²) < 4.78 is 1.69. The van der Waals surface area contributed by atoms with Crippen LogP contribution in [0.4, 0.5) is 11.9 Å². The molecule has 0 unspecified atom stereocenters. The monoisotopic (exact) mass is 447 g/mol. The molecule has 0 aliphatic rings. The Morgan fingerprint density at radius 1 is 1.00 bits per heavy atom. The number of hydrogen-bond donors (Lipinski definition) is 1. The van der Waals surface area contributed by atoms with E-state index in [2.05, 4.69) is 28.8 Å². The van der Waals surface area contributed by atoms with Gasteiger partial charge < -0.3 is 10.6 Å². The van der Waals surface area contributed by atoms with Gasteiger partial charge in [0.1, 0.15) is 5.82 Å². The molecule has 2 aromatic heterocycles. The molecule has 0 saturated heterocycles. The smallest absolute Gasteiger partial charge is 0.266 e. The first-order valence-corrected chi connectivity index (χ1v) is 11.3. The Balaban J connectivity index is 1.85. The van der Waals surface area contributed by atoms with E-state index in [-0.39, 0.29) is 17.4 Å². The molecule has 0 aliphatic heterocycles. The van der Waals surface area contributed by atoms with Crippen LogP contribution in [0.3, 0.4) is 0 Å². The molecule has 0 spiro atoms. The first kappa shape index (κ1) is 21.8. The predicted octanol–water partition coefficient (Wildman–Crippen LogP) is 3.63. The predicted molar refractivity (Wildman–Crippen MR) is 130 cm³/mol. The largest absolute Gasteiger partial charge is 0.368 e. The average Bonchev–Trinajstić information content (AvgIpc) is 2.77. The van der Waals surface area contributed by atoms with Gasteiger partial charge in [-0.2, -0.15) is 15.0 Å². The van der Waals surface area contributed by atoms with E-state index in [9.17, 15) is 4.79 Å². The molecule has 4 aromatic rings. The van der Waals surface area contributed by atoms with Crippen molar-refractivity contribution in [1.29, 1.82) is 0 Å². The molecule has 8 nitrogen and oxygen atoms in total. The zero-order valence-corrected chi connectivity index (χ0v) is 19.3. The van der Waals surface area contributed by atoms with Crippen LogP contribution >= 0.6 is 11.8 Å². The summed E-state index contributed by atoms with van der Waals surface area (Å²) in [7, 11) is 3.69. The van der Waals surface area contributed by atoms with Gasteiger partial charge in [-0.05, 0) is 29.7 Å². The Morgan fingerprint density at radius 3 is 2.47 bits per heavy atom. The van der Waals surface area contributed by atoms with Crippen molar-refractivity contribution in [3.8, 4) is 5.69 Å². The third kappa shape index (κ3) is 4.29. The zero-order chi connectivity index (χ0) is 22.8. The highest BCUT2D eigenvalue weighted by Gasteiger charge is 2.18. The van der Waals surface area contributed by atoms with Gasteiger partial charge in [0.05, 0.1) is 22.3 Å². The summed E-state index contributed by atoms with van der Waals surface area (Å²) in [6.45, 7) is 4.23. The van der Waals surface area contributed by atoms with Crippen LogP contribution in [0, 0.1) is 0 Å². The molecule has 0 amide bonds. The second-order valence-electron chi connectivity index (χ2n) is 7.86. The molecule has 0 radical (unpaired) electrons. The summed E-state index contributed by atoms with van der Waals surface area (Å²) in [4.78, 5) is 33.0. The number of nitrogens with zero attached hydrogens (tertiary/aromatic N) is 6. The molecule has 2 aromatic carbocycles. The number of thioether (sulfide) groups is 1. The van der Waals surface area contributed by atoms with Crippen LogP contribution in [0.2, 0.25) is 0 Å². The fourth-order valence-electron chi connectivity index (χ4n) is 3.42. The van der Waals surface area contributed by atoms with Crippen molar-refractivity contribution < 1.29 is 0 Å². The van der Waals surface area contributed by atoms with Crippen LogP contribution < -0.4 is 16.2 Å². The number of rotatable bonds is 6. The minimum atomic E-state index is -0.102. The Morgan fingerprint density at radius 2 is 1.72 bits per heavy atom. The third-order valence-electron chi connectivity index (χ3n) is 4.96.